The van der Waals surface area contributed by atoms with E-state index in [1.54, 1.807) is 12.1 Å². The monoisotopic (exact) mass is 256 g/mol. The third-order valence-corrected chi connectivity index (χ3v) is 3.70. The molecular weight excluding hydrogens is 236 g/mol. The van der Waals surface area contributed by atoms with Crippen LogP contribution in [-0.2, 0) is 20.7 Å². The highest BCUT2D eigenvalue weighted by Crippen LogP contribution is 2.19. The first-order valence-electron chi connectivity index (χ1n) is 5.94. The minimum Gasteiger partial charge on any atom is -0.266 e. The first-order chi connectivity index (χ1) is 7.97. The van der Waals surface area contributed by atoms with Gasteiger partial charge in [0.05, 0.1) is 11.5 Å². The summed E-state index contributed by atoms with van der Waals surface area (Å²) in [5.74, 6) is 0.197. The first kappa shape index (κ1) is 14.2. The highest BCUT2D eigenvalue weighted by atomic mass is 32.2. The fraction of sp³-hybridized carbons (Fsp3) is 0.538. The topological polar surface area (TPSA) is 43.4 Å². The average molecular weight is 256 g/mol. The molecule has 17 heavy (non-hydrogen) atoms. The number of hydrogen-bond acceptors (Lipinski definition) is 3. The smallest absolute Gasteiger partial charge is 0.266 e. The molecule has 0 saturated carbocycles. The van der Waals surface area contributed by atoms with Crippen molar-refractivity contribution in [2.75, 3.05) is 6.61 Å². The molecule has 3 nitrogen and oxygen atoms in total. The summed E-state index contributed by atoms with van der Waals surface area (Å²) in [5.41, 5.74) is 0.832. The van der Waals surface area contributed by atoms with Gasteiger partial charge in [-0.15, -0.1) is 0 Å². The van der Waals surface area contributed by atoms with Crippen LogP contribution in [0.5, 0.6) is 0 Å². The first-order valence-corrected chi connectivity index (χ1v) is 7.35. The van der Waals surface area contributed by atoms with Gasteiger partial charge in [-0.1, -0.05) is 45.4 Å². The predicted molar refractivity (Wildman–Crippen MR) is 68.4 cm³/mol. The van der Waals surface area contributed by atoms with Gasteiger partial charge in [-0.3, -0.25) is 4.18 Å². The maximum atomic E-state index is 12.0. The lowest BCUT2D eigenvalue weighted by Gasteiger charge is -2.11. The second kappa shape index (κ2) is 6.17. The highest BCUT2D eigenvalue weighted by Gasteiger charge is 2.18. The lowest BCUT2D eigenvalue weighted by Crippen LogP contribution is -2.12. The number of hydrogen-bond donors (Lipinski definition) is 0. The van der Waals surface area contributed by atoms with Crippen LogP contribution >= 0.6 is 0 Å². The molecule has 0 bridgehead atoms. The van der Waals surface area contributed by atoms with Crippen molar-refractivity contribution in [3.8, 4) is 0 Å². The van der Waals surface area contributed by atoms with Crippen molar-refractivity contribution in [2.45, 2.75) is 38.5 Å². The van der Waals surface area contributed by atoms with Gasteiger partial charge in [-0.05, 0) is 24.0 Å². The van der Waals surface area contributed by atoms with Crippen LogP contribution in [0.3, 0.4) is 0 Å². The number of rotatable bonds is 6. The number of aryl methyl sites for hydroxylation is 1. The SMILES string of the molecule is CCCc1ccccc1S(=O)(=O)OCC(C)C. The van der Waals surface area contributed by atoms with E-state index >= 15 is 0 Å². The molecule has 0 heterocycles. The van der Waals surface area contributed by atoms with E-state index in [2.05, 4.69) is 0 Å². The molecule has 0 aliphatic carbocycles. The Labute approximate surface area is 104 Å². The summed E-state index contributed by atoms with van der Waals surface area (Å²) in [6.07, 6.45) is 1.66. The van der Waals surface area contributed by atoms with Crippen LogP contribution in [0.2, 0.25) is 0 Å². The van der Waals surface area contributed by atoms with Crippen LogP contribution in [0, 0.1) is 5.92 Å². The molecule has 0 unspecified atom stereocenters. The molecule has 0 fully saturated rings. The molecule has 0 amide bonds. The summed E-state index contributed by atoms with van der Waals surface area (Å²) >= 11 is 0. The Morgan fingerprint density at radius 2 is 1.88 bits per heavy atom. The van der Waals surface area contributed by atoms with Crippen LogP contribution in [0.1, 0.15) is 32.8 Å². The van der Waals surface area contributed by atoms with E-state index in [4.69, 9.17) is 4.18 Å². The maximum absolute atomic E-state index is 12.0. The normalized spacial score (nSPS) is 12.0. The molecule has 0 aliphatic rings. The van der Waals surface area contributed by atoms with Crippen molar-refractivity contribution in [1.82, 2.24) is 0 Å². The Morgan fingerprint density at radius 1 is 1.24 bits per heavy atom. The summed E-state index contributed by atoms with van der Waals surface area (Å²) < 4.78 is 29.1. The van der Waals surface area contributed by atoms with Gasteiger partial charge in [0.1, 0.15) is 0 Å². The number of benzene rings is 1. The van der Waals surface area contributed by atoms with E-state index < -0.39 is 10.1 Å². The Hall–Kier alpha value is -0.870. The minimum atomic E-state index is -3.61. The Bertz CT molecular complexity index is 449. The fourth-order valence-electron chi connectivity index (χ4n) is 1.51. The van der Waals surface area contributed by atoms with E-state index in [0.717, 1.165) is 18.4 Å². The molecule has 4 heteroatoms. The third kappa shape index (κ3) is 4.13. The second-order valence-corrected chi connectivity index (χ2v) is 6.07. The summed E-state index contributed by atoms with van der Waals surface area (Å²) in [5, 5.41) is 0. The van der Waals surface area contributed by atoms with E-state index in [9.17, 15) is 8.42 Å². The molecule has 0 spiro atoms. The van der Waals surface area contributed by atoms with Gasteiger partial charge in [0.25, 0.3) is 10.1 Å². The molecule has 1 aromatic rings. The van der Waals surface area contributed by atoms with Gasteiger partial charge >= 0.3 is 0 Å². The van der Waals surface area contributed by atoms with Crippen LogP contribution < -0.4 is 0 Å². The fourth-order valence-corrected chi connectivity index (χ4v) is 2.83. The quantitative estimate of drug-likeness (QED) is 0.735. The zero-order valence-corrected chi connectivity index (χ0v) is 11.5. The van der Waals surface area contributed by atoms with Gasteiger partial charge in [-0.25, -0.2) is 0 Å². The molecule has 0 saturated heterocycles. The summed E-state index contributed by atoms with van der Waals surface area (Å²) in [4.78, 5) is 0.308. The molecule has 0 atom stereocenters. The largest absolute Gasteiger partial charge is 0.297 e. The summed E-state index contributed by atoms with van der Waals surface area (Å²) in [7, 11) is -3.61. The Morgan fingerprint density at radius 3 is 2.47 bits per heavy atom. The lowest BCUT2D eigenvalue weighted by atomic mass is 10.1. The predicted octanol–water partition coefficient (Wildman–Crippen LogP) is 3.00. The molecule has 1 aromatic carbocycles. The molecule has 0 N–H and O–H groups in total. The Kier molecular flexibility index (Phi) is 5.15. The van der Waals surface area contributed by atoms with E-state index in [0.29, 0.717) is 4.90 Å². The average Bonchev–Trinajstić information content (AvgIpc) is 2.28. The van der Waals surface area contributed by atoms with Crippen molar-refractivity contribution in [3.05, 3.63) is 29.8 Å². The van der Waals surface area contributed by atoms with Crippen LogP contribution in [0.25, 0.3) is 0 Å². The molecule has 96 valence electrons. The zero-order valence-electron chi connectivity index (χ0n) is 10.6. The molecule has 1 rings (SSSR count). The van der Waals surface area contributed by atoms with E-state index in [-0.39, 0.29) is 12.5 Å². The van der Waals surface area contributed by atoms with Gasteiger partial charge in [-0.2, -0.15) is 8.42 Å². The second-order valence-electron chi connectivity index (χ2n) is 4.49. The van der Waals surface area contributed by atoms with Crippen molar-refractivity contribution in [1.29, 1.82) is 0 Å². The van der Waals surface area contributed by atoms with E-state index in [1.807, 2.05) is 32.9 Å². The van der Waals surface area contributed by atoms with Crippen molar-refractivity contribution in [2.24, 2.45) is 5.92 Å². The van der Waals surface area contributed by atoms with Gasteiger partial charge in [0.2, 0.25) is 0 Å². The van der Waals surface area contributed by atoms with Crippen molar-refractivity contribution in [3.63, 3.8) is 0 Å². The van der Waals surface area contributed by atoms with Gasteiger partial charge in [0, 0.05) is 0 Å². The lowest BCUT2D eigenvalue weighted by molar-refractivity contribution is 0.275. The molecular formula is C13H20O3S. The molecule has 0 aromatic heterocycles. The zero-order chi connectivity index (χ0) is 12.9. The standard InChI is InChI=1S/C13H20O3S/c1-4-7-12-8-5-6-9-13(12)17(14,15)16-10-11(2)3/h5-6,8-9,11H,4,7,10H2,1-3H3. The summed E-state index contributed by atoms with van der Waals surface area (Å²) in [6, 6.07) is 7.03. The van der Waals surface area contributed by atoms with E-state index in [1.165, 1.54) is 0 Å². The van der Waals surface area contributed by atoms with Crippen molar-refractivity contribution >= 4 is 10.1 Å². The van der Waals surface area contributed by atoms with Crippen LogP contribution in [-0.4, -0.2) is 15.0 Å². The molecule has 0 aliphatic heterocycles. The highest BCUT2D eigenvalue weighted by molar-refractivity contribution is 7.86. The maximum Gasteiger partial charge on any atom is 0.297 e. The van der Waals surface area contributed by atoms with Gasteiger partial charge in [0.15, 0.2) is 0 Å². The van der Waals surface area contributed by atoms with Crippen LogP contribution in [0.15, 0.2) is 29.2 Å². The van der Waals surface area contributed by atoms with Crippen molar-refractivity contribution < 1.29 is 12.6 Å². The third-order valence-electron chi connectivity index (χ3n) is 2.32. The Balaban J connectivity index is 2.97. The summed E-state index contributed by atoms with van der Waals surface area (Å²) in [6.45, 7) is 6.10. The minimum absolute atomic E-state index is 0.197. The van der Waals surface area contributed by atoms with Crippen LogP contribution in [0.4, 0.5) is 0 Å². The molecule has 0 radical (unpaired) electrons. The van der Waals surface area contributed by atoms with Gasteiger partial charge < -0.3 is 0 Å².